The van der Waals surface area contributed by atoms with E-state index >= 15 is 0 Å². The lowest BCUT2D eigenvalue weighted by molar-refractivity contribution is 0.0907. The van der Waals surface area contributed by atoms with Gasteiger partial charge < -0.3 is 5.32 Å². The van der Waals surface area contributed by atoms with Crippen LogP contribution in [-0.2, 0) is 0 Å². The average Bonchev–Trinajstić information content (AvgIpc) is 2.84. The summed E-state index contributed by atoms with van der Waals surface area (Å²) in [7, 11) is 0. The molecule has 1 aliphatic carbocycles. The number of nitrogens with zero attached hydrogens (tertiary/aromatic N) is 1. The number of rotatable bonds is 8. The van der Waals surface area contributed by atoms with E-state index in [-0.39, 0.29) is 5.54 Å². The van der Waals surface area contributed by atoms with Gasteiger partial charge in [0.1, 0.15) is 0 Å². The Hall–Kier alpha value is -0.0800. The minimum Gasteiger partial charge on any atom is -0.311 e. The molecule has 0 heterocycles. The molecule has 2 nitrogen and oxygen atoms in total. The number of nitrogens with one attached hydrogen (secondary N) is 1. The zero-order valence-electron chi connectivity index (χ0n) is 15.7. The Labute approximate surface area is 134 Å². The second-order valence-electron chi connectivity index (χ2n) is 8.80. The van der Waals surface area contributed by atoms with Crippen molar-refractivity contribution in [1.82, 2.24) is 10.2 Å². The fraction of sp³-hybridized carbons (Fsp3) is 1.00. The first-order valence-corrected chi connectivity index (χ1v) is 9.21. The lowest BCUT2D eigenvalue weighted by Crippen LogP contribution is -2.53. The zero-order chi connectivity index (χ0) is 16.0. The first kappa shape index (κ1) is 19.0. The summed E-state index contributed by atoms with van der Waals surface area (Å²) in [6, 6.07) is 1.50. The number of hydrogen-bond acceptors (Lipinski definition) is 2. The van der Waals surface area contributed by atoms with Crippen LogP contribution < -0.4 is 5.32 Å². The van der Waals surface area contributed by atoms with Crippen molar-refractivity contribution in [1.29, 1.82) is 0 Å². The van der Waals surface area contributed by atoms with Crippen LogP contribution >= 0.6 is 0 Å². The maximum absolute atomic E-state index is 3.75. The van der Waals surface area contributed by atoms with Crippen molar-refractivity contribution in [3.63, 3.8) is 0 Å². The molecule has 2 heteroatoms. The Kier molecular flexibility index (Phi) is 7.70. The third-order valence-electron chi connectivity index (χ3n) is 4.80. The summed E-state index contributed by atoms with van der Waals surface area (Å²) >= 11 is 0. The Bertz CT molecular complexity index is 272. The number of hydrogen-bond donors (Lipinski definition) is 1. The lowest BCUT2D eigenvalue weighted by atomic mass is 9.97. The van der Waals surface area contributed by atoms with Crippen LogP contribution in [0.2, 0.25) is 0 Å². The molecule has 1 fully saturated rings. The van der Waals surface area contributed by atoms with Crippen LogP contribution in [0.25, 0.3) is 0 Å². The van der Waals surface area contributed by atoms with Gasteiger partial charge in [-0.3, -0.25) is 4.90 Å². The van der Waals surface area contributed by atoms with Crippen LogP contribution in [0, 0.1) is 11.8 Å². The fourth-order valence-electron chi connectivity index (χ4n) is 3.41. The van der Waals surface area contributed by atoms with Gasteiger partial charge in [0.05, 0.1) is 0 Å². The molecular weight excluding hydrogens is 256 g/mol. The molecule has 0 aromatic heterocycles. The van der Waals surface area contributed by atoms with Crippen LogP contribution in [0.15, 0.2) is 0 Å². The minimum atomic E-state index is 0.215. The Balaban J connectivity index is 2.73. The summed E-state index contributed by atoms with van der Waals surface area (Å²) in [4.78, 5) is 2.86. The van der Waals surface area contributed by atoms with E-state index in [4.69, 9.17) is 0 Å². The largest absolute Gasteiger partial charge is 0.311 e. The van der Waals surface area contributed by atoms with Crippen LogP contribution in [0.3, 0.4) is 0 Å². The van der Waals surface area contributed by atoms with Gasteiger partial charge in [-0.25, -0.2) is 0 Å². The molecule has 1 atom stereocenters. The van der Waals surface area contributed by atoms with Gasteiger partial charge in [-0.1, -0.05) is 40.5 Å². The van der Waals surface area contributed by atoms with Gasteiger partial charge in [0.2, 0.25) is 0 Å². The molecule has 1 saturated carbocycles. The SMILES string of the molecule is CC(C)CCN(C1CCCC1)C(CNC(C)(C)C)C(C)C. The minimum absolute atomic E-state index is 0.215. The van der Waals surface area contributed by atoms with E-state index in [0.717, 1.165) is 18.5 Å². The van der Waals surface area contributed by atoms with E-state index in [1.165, 1.54) is 38.6 Å². The van der Waals surface area contributed by atoms with Crippen LogP contribution in [0.4, 0.5) is 0 Å². The van der Waals surface area contributed by atoms with Gasteiger partial charge in [-0.2, -0.15) is 0 Å². The highest BCUT2D eigenvalue weighted by Gasteiger charge is 2.30. The van der Waals surface area contributed by atoms with Gasteiger partial charge in [0, 0.05) is 24.2 Å². The molecule has 0 aromatic rings. The van der Waals surface area contributed by atoms with Crippen molar-refractivity contribution in [2.24, 2.45) is 11.8 Å². The zero-order valence-corrected chi connectivity index (χ0v) is 15.7. The smallest absolute Gasteiger partial charge is 0.0246 e. The standard InChI is InChI=1S/C19H40N2/c1-15(2)12-13-21(17-10-8-9-11-17)18(16(3)4)14-20-19(5,6)7/h15-18,20H,8-14H2,1-7H3. The fourth-order valence-corrected chi connectivity index (χ4v) is 3.41. The molecule has 21 heavy (non-hydrogen) atoms. The van der Waals surface area contributed by atoms with Gasteiger partial charge in [0.25, 0.3) is 0 Å². The van der Waals surface area contributed by atoms with Crippen LogP contribution in [0.5, 0.6) is 0 Å². The quantitative estimate of drug-likeness (QED) is 0.699. The topological polar surface area (TPSA) is 15.3 Å². The van der Waals surface area contributed by atoms with Crippen LogP contribution in [-0.4, -0.2) is 35.6 Å². The highest BCUT2D eigenvalue weighted by Crippen LogP contribution is 2.28. The van der Waals surface area contributed by atoms with Gasteiger partial charge in [0.15, 0.2) is 0 Å². The molecule has 0 bridgehead atoms. The molecule has 1 unspecified atom stereocenters. The molecule has 1 rings (SSSR count). The molecule has 0 aromatic carbocycles. The molecule has 0 radical (unpaired) electrons. The van der Waals surface area contributed by atoms with Crippen molar-refractivity contribution in [3.05, 3.63) is 0 Å². The van der Waals surface area contributed by atoms with E-state index in [1.54, 1.807) is 0 Å². The second kappa shape index (κ2) is 8.53. The lowest BCUT2D eigenvalue weighted by Gasteiger charge is -2.40. The van der Waals surface area contributed by atoms with Crippen molar-refractivity contribution in [2.45, 2.75) is 98.2 Å². The monoisotopic (exact) mass is 296 g/mol. The van der Waals surface area contributed by atoms with Gasteiger partial charge >= 0.3 is 0 Å². The van der Waals surface area contributed by atoms with Crippen molar-refractivity contribution < 1.29 is 0 Å². The molecule has 0 saturated heterocycles. The van der Waals surface area contributed by atoms with E-state index in [0.29, 0.717) is 12.0 Å². The first-order valence-electron chi connectivity index (χ1n) is 9.21. The summed E-state index contributed by atoms with van der Waals surface area (Å²) < 4.78 is 0. The molecule has 0 amide bonds. The molecular formula is C19H40N2. The van der Waals surface area contributed by atoms with E-state index in [1.807, 2.05) is 0 Å². The summed E-state index contributed by atoms with van der Waals surface area (Å²) in [5.74, 6) is 1.52. The molecule has 126 valence electrons. The summed E-state index contributed by atoms with van der Waals surface area (Å²) in [6.45, 7) is 18.7. The Morgan fingerprint density at radius 3 is 2.05 bits per heavy atom. The van der Waals surface area contributed by atoms with E-state index < -0.39 is 0 Å². The van der Waals surface area contributed by atoms with Gasteiger partial charge in [-0.05, 0) is 58.4 Å². The maximum atomic E-state index is 3.75. The molecule has 0 spiro atoms. The second-order valence-corrected chi connectivity index (χ2v) is 8.80. The van der Waals surface area contributed by atoms with E-state index in [9.17, 15) is 0 Å². The normalized spacial score (nSPS) is 19.1. The summed E-state index contributed by atoms with van der Waals surface area (Å²) in [6.07, 6.45) is 7.02. The molecule has 1 N–H and O–H groups in total. The Morgan fingerprint density at radius 2 is 1.62 bits per heavy atom. The highest BCUT2D eigenvalue weighted by molar-refractivity contribution is 4.87. The first-order chi connectivity index (χ1) is 9.70. The van der Waals surface area contributed by atoms with Crippen molar-refractivity contribution in [2.75, 3.05) is 13.1 Å². The summed E-state index contributed by atoms with van der Waals surface area (Å²) in [5, 5.41) is 3.75. The maximum Gasteiger partial charge on any atom is 0.0246 e. The molecule has 0 aliphatic heterocycles. The predicted molar refractivity (Wildman–Crippen MR) is 94.8 cm³/mol. The van der Waals surface area contributed by atoms with Crippen molar-refractivity contribution in [3.8, 4) is 0 Å². The molecule has 1 aliphatic rings. The highest BCUT2D eigenvalue weighted by atomic mass is 15.2. The predicted octanol–water partition coefficient (Wildman–Crippen LogP) is 4.69. The summed E-state index contributed by atoms with van der Waals surface area (Å²) in [5.41, 5.74) is 0.215. The van der Waals surface area contributed by atoms with Crippen molar-refractivity contribution >= 4 is 0 Å². The Morgan fingerprint density at radius 1 is 1.05 bits per heavy atom. The van der Waals surface area contributed by atoms with E-state index in [2.05, 4.69) is 58.7 Å². The third-order valence-corrected chi connectivity index (χ3v) is 4.80. The van der Waals surface area contributed by atoms with Gasteiger partial charge in [-0.15, -0.1) is 0 Å². The third kappa shape index (κ3) is 7.15. The average molecular weight is 297 g/mol. The van der Waals surface area contributed by atoms with Crippen LogP contribution in [0.1, 0.15) is 80.6 Å².